The van der Waals surface area contributed by atoms with Gasteiger partial charge in [-0.2, -0.15) is 0 Å². The van der Waals surface area contributed by atoms with Gasteiger partial charge in [-0.3, -0.25) is 4.98 Å². The van der Waals surface area contributed by atoms with Crippen molar-refractivity contribution in [1.82, 2.24) is 15.0 Å². The summed E-state index contributed by atoms with van der Waals surface area (Å²) in [7, 11) is 0. The molecule has 4 aromatic rings. The fourth-order valence-corrected chi connectivity index (χ4v) is 4.42. The Balaban J connectivity index is 1.50. The standard InChI is InChI=1S/C23H20N4S/c1-16-25-21(19-11-20(14-24-13-19)22-7-4-10-28-22)12-23(26-16)27-9-8-17-5-2-3-6-18(17)15-27/h2-7,10-14H,8-9,15H2,1H3. The van der Waals surface area contributed by atoms with E-state index in [9.17, 15) is 0 Å². The van der Waals surface area contributed by atoms with Crippen LogP contribution >= 0.6 is 11.3 Å². The van der Waals surface area contributed by atoms with Gasteiger partial charge in [0.25, 0.3) is 0 Å². The molecule has 0 N–H and O–H groups in total. The van der Waals surface area contributed by atoms with Crippen LogP contribution in [-0.4, -0.2) is 21.5 Å². The van der Waals surface area contributed by atoms with Crippen molar-refractivity contribution >= 4 is 17.2 Å². The first-order chi connectivity index (χ1) is 13.8. The maximum Gasteiger partial charge on any atom is 0.133 e. The van der Waals surface area contributed by atoms with E-state index >= 15 is 0 Å². The van der Waals surface area contributed by atoms with Crippen molar-refractivity contribution in [3.05, 3.63) is 83.3 Å². The van der Waals surface area contributed by atoms with Crippen LogP contribution < -0.4 is 4.90 Å². The lowest BCUT2D eigenvalue weighted by molar-refractivity contribution is 0.717. The predicted octanol–water partition coefficient (Wildman–Crippen LogP) is 5.14. The van der Waals surface area contributed by atoms with Gasteiger partial charge >= 0.3 is 0 Å². The second-order valence-electron chi connectivity index (χ2n) is 7.04. The first kappa shape index (κ1) is 17.1. The van der Waals surface area contributed by atoms with E-state index in [4.69, 9.17) is 9.97 Å². The van der Waals surface area contributed by atoms with Gasteiger partial charge < -0.3 is 4.90 Å². The van der Waals surface area contributed by atoms with E-state index in [0.29, 0.717) is 0 Å². The molecule has 0 spiro atoms. The van der Waals surface area contributed by atoms with E-state index in [1.54, 1.807) is 11.3 Å². The zero-order valence-corrected chi connectivity index (χ0v) is 16.5. The number of hydrogen-bond donors (Lipinski definition) is 0. The summed E-state index contributed by atoms with van der Waals surface area (Å²) in [6, 6.07) is 17.1. The summed E-state index contributed by atoms with van der Waals surface area (Å²) in [6.45, 7) is 3.82. The molecule has 0 fully saturated rings. The molecule has 0 saturated carbocycles. The van der Waals surface area contributed by atoms with Gasteiger partial charge in [-0.05, 0) is 42.0 Å². The summed E-state index contributed by atoms with van der Waals surface area (Å²) >= 11 is 1.72. The third-order valence-electron chi connectivity index (χ3n) is 5.12. The Morgan fingerprint density at radius 2 is 1.79 bits per heavy atom. The Bertz CT molecular complexity index is 1120. The molecule has 5 heteroatoms. The monoisotopic (exact) mass is 384 g/mol. The molecule has 0 bridgehead atoms. The molecule has 28 heavy (non-hydrogen) atoms. The molecular weight excluding hydrogens is 364 g/mol. The molecule has 0 aliphatic carbocycles. The second-order valence-corrected chi connectivity index (χ2v) is 7.99. The predicted molar refractivity (Wildman–Crippen MR) is 115 cm³/mol. The summed E-state index contributed by atoms with van der Waals surface area (Å²) in [4.78, 5) is 17.4. The number of benzene rings is 1. The molecule has 138 valence electrons. The van der Waals surface area contributed by atoms with Gasteiger partial charge in [0.1, 0.15) is 11.6 Å². The minimum Gasteiger partial charge on any atom is -0.352 e. The molecule has 0 radical (unpaired) electrons. The average Bonchev–Trinajstić information content (AvgIpc) is 3.28. The van der Waals surface area contributed by atoms with Crippen LogP contribution in [0.15, 0.2) is 66.3 Å². The van der Waals surface area contributed by atoms with Crippen LogP contribution in [0.1, 0.15) is 17.0 Å². The van der Waals surface area contributed by atoms with Gasteiger partial charge in [0, 0.05) is 47.6 Å². The Morgan fingerprint density at radius 1 is 0.929 bits per heavy atom. The molecular formula is C23H20N4S. The number of fused-ring (bicyclic) bond motifs is 1. The van der Waals surface area contributed by atoms with Gasteiger partial charge in [-0.15, -0.1) is 11.3 Å². The number of nitrogens with zero attached hydrogens (tertiary/aromatic N) is 4. The number of pyridine rings is 1. The zero-order chi connectivity index (χ0) is 18.9. The van der Waals surface area contributed by atoms with Crippen LogP contribution in [0.4, 0.5) is 5.82 Å². The molecule has 1 aromatic carbocycles. The summed E-state index contributed by atoms with van der Waals surface area (Å²) in [6.07, 6.45) is 4.84. The minimum atomic E-state index is 0.785. The van der Waals surface area contributed by atoms with Crippen molar-refractivity contribution in [3.63, 3.8) is 0 Å². The average molecular weight is 385 g/mol. The summed E-state index contributed by atoms with van der Waals surface area (Å²) in [5.74, 6) is 1.77. The molecule has 0 saturated heterocycles. The lowest BCUT2D eigenvalue weighted by Gasteiger charge is -2.30. The molecule has 5 rings (SSSR count). The summed E-state index contributed by atoms with van der Waals surface area (Å²) < 4.78 is 0. The number of rotatable bonds is 3. The highest BCUT2D eigenvalue weighted by Gasteiger charge is 2.18. The first-order valence-corrected chi connectivity index (χ1v) is 10.3. The first-order valence-electron chi connectivity index (χ1n) is 9.43. The van der Waals surface area contributed by atoms with E-state index in [-0.39, 0.29) is 0 Å². The van der Waals surface area contributed by atoms with Crippen molar-refractivity contribution in [1.29, 1.82) is 0 Å². The molecule has 4 nitrogen and oxygen atoms in total. The Morgan fingerprint density at radius 3 is 2.64 bits per heavy atom. The maximum absolute atomic E-state index is 4.72. The van der Waals surface area contributed by atoms with Gasteiger partial charge in [-0.25, -0.2) is 9.97 Å². The molecule has 0 amide bonds. The van der Waals surface area contributed by atoms with Crippen LogP contribution in [0.5, 0.6) is 0 Å². The van der Waals surface area contributed by atoms with E-state index in [0.717, 1.165) is 48.0 Å². The smallest absolute Gasteiger partial charge is 0.133 e. The van der Waals surface area contributed by atoms with Crippen LogP contribution in [0.2, 0.25) is 0 Å². The summed E-state index contributed by atoms with van der Waals surface area (Å²) in [5, 5.41) is 2.09. The third kappa shape index (κ3) is 3.29. The number of hydrogen-bond acceptors (Lipinski definition) is 5. The van der Waals surface area contributed by atoms with E-state index in [1.807, 2.05) is 19.3 Å². The largest absolute Gasteiger partial charge is 0.352 e. The zero-order valence-electron chi connectivity index (χ0n) is 15.7. The number of thiophene rings is 1. The fraction of sp³-hybridized carbons (Fsp3) is 0.174. The van der Waals surface area contributed by atoms with Crippen LogP contribution in [0, 0.1) is 6.92 Å². The normalized spacial score (nSPS) is 13.4. The number of aromatic nitrogens is 3. The minimum absolute atomic E-state index is 0.785. The lowest BCUT2D eigenvalue weighted by Crippen LogP contribution is -2.31. The highest BCUT2D eigenvalue weighted by atomic mass is 32.1. The Kier molecular flexibility index (Phi) is 4.37. The molecule has 0 atom stereocenters. The van der Waals surface area contributed by atoms with Gasteiger partial charge in [0.2, 0.25) is 0 Å². The van der Waals surface area contributed by atoms with Gasteiger partial charge in [0.15, 0.2) is 0 Å². The van der Waals surface area contributed by atoms with Crippen molar-refractivity contribution in [2.75, 3.05) is 11.4 Å². The third-order valence-corrected chi connectivity index (χ3v) is 6.04. The maximum atomic E-state index is 4.72. The highest BCUT2D eigenvalue weighted by molar-refractivity contribution is 7.13. The van der Waals surface area contributed by atoms with E-state index < -0.39 is 0 Å². The van der Waals surface area contributed by atoms with E-state index in [1.165, 1.54) is 16.0 Å². The van der Waals surface area contributed by atoms with Crippen LogP contribution in [-0.2, 0) is 13.0 Å². The number of anilines is 1. The molecule has 0 unspecified atom stereocenters. The second kappa shape index (κ2) is 7.17. The Hall–Kier alpha value is -3.05. The lowest BCUT2D eigenvalue weighted by atomic mass is 10.00. The molecule has 1 aliphatic rings. The highest BCUT2D eigenvalue weighted by Crippen LogP contribution is 2.30. The summed E-state index contributed by atoms with van der Waals surface area (Å²) in [5.41, 5.74) is 5.89. The molecule has 4 heterocycles. The van der Waals surface area contributed by atoms with Crippen molar-refractivity contribution in [2.45, 2.75) is 19.9 Å². The quantitative estimate of drug-likeness (QED) is 0.491. The van der Waals surface area contributed by atoms with Crippen molar-refractivity contribution < 1.29 is 0 Å². The number of aryl methyl sites for hydroxylation is 1. The van der Waals surface area contributed by atoms with Crippen LogP contribution in [0.25, 0.3) is 21.7 Å². The van der Waals surface area contributed by atoms with Gasteiger partial charge in [-0.1, -0.05) is 30.3 Å². The topological polar surface area (TPSA) is 41.9 Å². The van der Waals surface area contributed by atoms with Crippen LogP contribution in [0.3, 0.4) is 0 Å². The Labute approximate surface area is 168 Å². The fourth-order valence-electron chi connectivity index (χ4n) is 3.71. The van der Waals surface area contributed by atoms with E-state index in [2.05, 4.69) is 63.8 Å². The van der Waals surface area contributed by atoms with Crippen molar-refractivity contribution in [2.24, 2.45) is 0 Å². The molecule has 3 aromatic heterocycles. The van der Waals surface area contributed by atoms with Crippen molar-refractivity contribution in [3.8, 4) is 21.7 Å². The van der Waals surface area contributed by atoms with Gasteiger partial charge in [0.05, 0.1) is 5.69 Å². The molecule has 1 aliphatic heterocycles. The SMILES string of the molecule is Cc1nc(-c2cncc(-c3cccs3)c2)cc(N2CCc3ccccc3C2)n1.